The quantitative estimate of drug-likeness (QED) is 0.0943. The Morgan fingerprint density at radius 3 is 1.50 bits per heavy atom. The molecule has 2 aromatic carbocycles. The zero-order valence-electron chi connectivity index (χ0n) is 31.4. The molecule has 0 spiro atoms. The van der Waals surface area contributed by atoms with Gasteiger partial charge < -0.3 is 16.4 Å². The van der Waals surface area contributed by atoms with Crippen molar-refractivity contribution < 1.29 is 21.8 Å². The summed E-state index contributed by atoms with van der Waals surface area (Å²) in [5, 5.41) is 19.6. The molecule has 294 valence electrons. The van der Waals surface area contributed by atoms with E-state index in [0.29, 0.717) is 28.5 Å². The number of anilines is 3. The van der Waals surface area contributed by atoms with Gasteiger partial charge in [-0.05, 0) is 75.9 Å². The fraction of sp³-hybridized carbons (Fsp3) is 0.350. The van der Waals surface area contributed by atoms with E-state index in [1.165, 1.54) is 35.6 Å². The van der Waals surface area contributed by atoms with Gasteiger partial charge in [0.05, 0.1) is 37.7 Å². The minimum Gasteiger partial charge on any atom is -0.396 e. The topological polar surface area (TPSA) is 197 Å². The number of aromatic nitrogens is 4. The van der Waals surface area contributed by atoms with Crippen molar-refractivity contribution in [1.29, 1.82) is 0 Å². The van der Waals surface area contributed by atoms with E-state index in [0.717, 1.165) is 77.3 Å². The summed E-state index contributed by atoms with van der Waals surface area (Å²) in [5.41, 5.74) is 10.2. The monoisotopic (exact) mass is 798 g/mol. The molecule has 6 aromatic rings. The van der Waals surface area contributed by atoms with Crippen LogP contribution in [-0.4, -0.2) is 51.8 Å². The van der Waals surface area contributed by atoms with Gasteiger partial charge in [0.2, 0.25) is 0 Å². The second-order valence-electron chi connectivity index (χ2n) is 14.7. The van der Waals surface area contributed by atoms with Crippen LogP contribution in [0.5, 0.6) is 0 Å². The minimum absolute atomic E-state index is 0.130. The molecule has 0 radical (unpaired) electrons. The molecule has 16 heteroatoms. The third-order valence-corrected chi connectivity index (χ3v) is 14.0. The van der Waals surface area contributed by atoms with Gasteiger partial charge in [0.15, 0.2) is 11.3 Å². The van der Waals surface area contributed by atoms with Crippen LogP contribution >= 0.6 is 0 Å². The number of nitro groups is 1. The van der Waals surface area contributed by atoms with Gasteiger partial charge in [-0.25, -0.2) is 34.7 Å². The highest BCUT2D eigenvalue weighted by atomic mass is 32.2. The molecule has 2 saturated carbocycles. The number of hydrogen-bond acceptors (Lipinski definition) is 11. The Bertz CT molecular complexity index is 2590. The van der Waals surface area contributed by atoms with Crippen molar-refractivity contribution in [2.24, 2.45) is 0 Å². The summed E-state index contributed by atoms with van der Waals surface area (Å²) in [6.07, 6.45) is 16.7. The van der Waals surface area contributed by atoms with Gasteiger partial charge in [-0.2, -0.15) is 0 Å². The molecule has 4 aromatic heterocycles. The summed E-state index contributed by atoms with van der Waals surface area (Å²) in [7, 11) is -7.58. The lowest BCUT2D eigenvalue weighted by Gasteiger charge is -2.25. The van der Waals surface area contributed by atoms with Crippen molar-refractivity contribution in [2.45, 2.75) is 99.9 Å². The molecule has 0 saturated heterocycles. The van der Waals surface area contributed by atoms with Gasteiger partial charge in [0.1, 0.15) is 11.9 Å². The number of pyridine rings is 2. The first-order valence-corrected chi connectivity index (χ1v) is 21.8. The Kier molecular flexibility index (Phi) is 11.0. The molecule has 0 amide bonds. The fourth-order valence-electron chi connectivity index (χ4n) is 7.52. The van der Waals surface area contributed by atoms with Crippen LogP contribution in [0.3, 0.4) is 0 Å². The Morgan fingerprint density at radius 2 is 1.05 bits per heavy atom. The van der Waals surface area contributed by atoms with E-state index in [9.17, 15) is 26.9 Å². The van der Waals surface area contributed by atoms with Gasteiger partial charge in [0, 0.05) is 29.9 Å². The number of fused-ring (bicyclic) bond motifs is 2. The first kappa shape index (κ1) is 38.8. The number of nitrogens with two attached hydrogens (primary N) is 1. The summed E-state index contributed by atoms with van der Waals surface area (Å²) in [6.45, 7) is 3.81. The number of nitrogens with one attached hydrogen (secondary N) is 2. The molecule has 0 atom stereocenters. The molecule has 0 bridgehead atoms. The summed E-state index contributed by atoms with van der Waals surface area (Å²) in [6, 6.07) is 17.2. The van der Waals surface area contributed by atoms with Crippen LogP contribution in [-0.2, 0) is 20.0 Å². The molecule has 4 N–H and O–H groups in total. The van der Waals surface area contributed by atoms with E-state index >= 15 is 0 Å². The molecule has 0 unspecified atom stereocenters. The second kappa shape index (κ2) is 15.9. The summed E-state index contributed by atoms with van der Waals surface area (Å²) < 4.78 is 54.7. The normalized spacial score (nSPS) is 15.7. The maximum Gasteiger partial charge on any atom is 0.311 e. The lowest BCUT2D eigenvalue weighted by atomic mass is 9.95. The van der Waals surface area contributed by atoms with E-state index in [2.05, 4.69) is 20.6 Å². The van der Waals surface area contributed by atoms with Crippen LogP contribution in [0.25, 0.3) is 22.1 Å². The Hall–Kier alpha value is -5.48. The first-order valence-electron chi connectivity index (χ1n) is 18.9. The summed E-state index contributed by atoms with van der Waals surface area (Å²) in [5.74, 6) is 0. The highest BCUT2D eigenvalue weighted by molar-refractivity contribution is 7.90. The molecule has 56 heavy (non-hydrogen) atoms. The SMILES string of the molecule is Cc1ccc(S(=O)(=O)n2ccc3c(NC4CCCCC4)c(N)cnc32)cc1.Cc1ccc(S(=O)(=O)n2ccc3c(NC4CCCCC4)c([N+](=O)[O-])cnc32)cc1. The molecular formula is C40H46N8O6S2. The van der Waals surface area contributed by atoms with E-state index in [-0.39, 0.29) is 27.2 Å². The van der Waals surface area contributed by atoms with Crippen molar-refractivity contribution in [3.8, 4) is 0 Å². The van der Waals surface area contributed by atoms with E-state index < -0.39 is 25.0 Å². The first-order chi connectivity index (χ1) is 26.8. The maximum atomic E-state index is 13.1. The number of benzene rings is 2. The third kappa shape index (κ3) is 7.80. The lowest BCUT2D eigenvalue weighted by Crippen LogP contribution is -2.23. The molecule has 2 aliphatic rings. The van der Waals surface area contributed by atoms with Gasteiger partial charge in [0.25, 0.3) is 20.0 Å². The molecule has 14 nitrogen and oxygen atoms in total. The van der Waals surface area contributed by atoms with Crippen molar-refractivity contribution in [1.82, 2.24) is 17.9 Å². The number of rotatable bonds is 9. The Morgan fingerprint density at radius 1 is 0.643 bits per heavy atom. The summed E-state index contributed by atoms with van der Waals surface area (Å²) >= 11 is 0. The number of nitrogens with zero attached hydrogens (tertiary/aromatic N) is 5. The number of nitrogen functional groups attached to an aromatic ring is 1. The average Bonchev–Trinajstić information content (AvgIpc) is 3.84. The highest BCUT2D eigenvalue weighted by Crippen LogP contribution is 2.36. The molecule has 2 fully saturated rings. The van der Waals surface area contributed by atoms with Crippen LogP contribution in [0.1, 0.15) is 75.3 Å². The van der Waals surface area contributed by atoms with Gasteiger partial charge in [-0.15, -0.1) is 0 Å². The van der Waals surface area contributed by atoms with Crippen LogP contribution in [0, 0.1) is 24.0 Å². The van der Waals surface area contributed by atoms with E-state index in [1.807, 2.05) is 13.8 Å². The standard InChI is InChI=1S/C20H22N4O4S.C20H24N4O2S/c1-14-7-9-16(10-8-14)29(27,28)23-12-11-17-19(22-15-5-3-2-4-6-15)18(24(25)26)13-21-20(17)23;1-14-7-9-16(10-8-14)27(25,26)24-12-11-17-19(18(21)13-22-20(17)24)23-15-5-3-2-4-6-15/h7-13,15H,2-6H2,1H3,(H,21,22);7-13,15H,2-6,21H2,1H3,(H,22,23). The van der Waals surface area contributed by atoms with Crippen LogP contribution in [0.2, 0.25) is 0 Å². The number of aryl methyl sites for hydroxylation is 2. The molecular weight excluding hydrogens is 753 g/mol. The van der Waals surface area contributed by atoms with Gasteiger partial charge in [-0.1, -0.05) is 73.9 Å². The average molecular weight is 799 g/mol. The predicted octanol–water partition coefficient (Wildman–Crippen LogP) is 8.14. The zero-order valence-corrected chi connectivity index (χ0v) is 33.0. The number of hydrogen-bond donors (Lipinski definition) is 3. The van der Waals surface area contributed by atoms with Crippen molar-refractivity contribution in [3.63, 3.8) is 0 Å². The molecule has 4 heterocycles. The maximum absolute atomic E-state index is 13.1. The minimum atomic E-state index is -3.87. The lowest BCUT2D eigenvalue weighted by molar-refractivity contribution is -0.384. The third-order valence-electron chi connectivity index (χ3n) is 10.6. The molecule has 0 aliphatic heterocycles. The smallest absolute Gasteiger partial charge is 0.311 e. The van der Waals surface area contributed by atoms with Crippen molar-refractivity contribution in [2.75, 3.05) is 16.4 Å². The van der Waals surface area contributed by atoms with Crippen molar-refractivity contribution in [3.05, 3.63) is 107 Å². The second-order valence-corrected chi connectivity index (χ2v) is 18.3. The molecule has 8 rings (SSSR count). The van der Waals surface area contributed by atoms with Crippen LogP contribution in [0.4, 0.5) is 22.7 Å². The van der Waals surface area contributed by atoms with E-state index in [1.54, 1.807) is 66.9 Å². The van der Waals surface area contributed by atoms with Crippen LogP contribution < -0.4 is 16.4 Å². The predicted molar refractivity (Wildman–Crippen MR) is 219 cm³/mol. The Balaban J connectivity index is 0.000000172. The van der Waals surface area contributed by atoms with Gasteiger partial charge >= 0.3 is 5.69 Å². The Labute approximate surface area is 326 Å². The van der Waals surface area contributed by atoms with E-state index in [4.69, 9.17) is 5.73 Å². The molecule has 2 aliphatic carbocycles. The summed E-state index contributed by atoms with van der Waals surface area (Å²) in [4.78, 5) is 19.9. The van der Waals surface area contributed by atoms with Crippen molar-refractivity contribution >= 4 is 64.9 Å². The zero-order chi connectivity index (χ0) is 39.6. The largest absolute Gasteiger partial charge is 0.396 e. The van der Waals surface area contributed by atoms with Gasteiger partial charge in [-0.3, -0.25) is 10.1 Å². The van der Waals surface area contributed by atoms with Crippen LogP contribution in [0.15, 0.2) is 95.2 Å². The highest BCUT2D eigenvalue weighted by Gasteiger charge is 2.27. The fourth-order valence-corrected chi connectivity index (χ4v) is 10.1.